The Bertz CT molecular complexity index is 401. The highest BCUT2D eigenvalue weighted by atomic mass is 15.2. The normalized spacial score (nSPS) is 21.2. The second-order valence-electron chi connectivity index (χ2n) is 6.07. The Labute approximate surface area is 104 Å². The highest BCUT2D eigenvalue weighted by Gasteiger charge is 2.64. The molecule has 1 aromatic heterocycles. The summed E-state index contributed by atoms with van der Waals surface area (Å²) in [5.74, 6) is 1.66. The largest absolute Gasteiger partial charge is 0.355 e. The van der Waals surface area contributed by atoms with Gasteiger partial charge in [0.1, 0.15) is 0 Å². The van der Waals surface area contributed by atoms with Crippen LogP contribution in [0.4, 0.5) is 5.95 Å². The summed E-state index contributed by atoms with van der Waals surface area (Å²) >= 11 is 0. The number of aromatic nitrogens is 2. The molecule has 3 nitrogen and oxygen atoms in total. The van der Waals surface area contributed by atoms with Crippen LogP contribution in [0.1, 0.15) is 27.7 Å². The Morgan fingerprint density at radius 1 is 1.41 bits per heavy atom. The standard InChI is InChI=1S/C14H23N3/c1-6-8-17-9-7-15-12(17)16-10-11-13(2,3)14(11,4)5/h6-7,9,11H,1,8,10H2,2-5H3,(H,15,16). The zero-order valence-electron chi connectivity index (χ0n) is 11.3. The number of imidazole rings is 1. The minimum absolute atomic E-state index is 0.426. The summed E-state index contributed by atoms with van der Waals surface area (Å²) in [5.41, 5.74) is 0.853. The quantitative estimate of drug-likeness (QED) is 0.792. The van der Waals surface area contributed by atoms with Crippen molar-refractivity contribution < 1.29 is 0 Å². The van der Waals surface area contributed by atoms with E-state index in [1.54, 1.807) is 0 Å². The number of nitrogens with one attached hydrogen (secondary N) is 1. The molecule has 1 fully saturated rings. The second-order valence-corrected chi connectivity index (χ2v) is 6.07. The summed E-state index contributed by atoms with van der Waals surface area (Å²) in [5, 5.41) is 3.46. The first-order valence-electron chi connectivity index (χ1n) is 6.27. The van der Waals surface area contributed by atoms with Crippen LogP contribution < -0.4 is 5.32 Å². The topological polar surface area (TPSA) is 29.9 Å². The monoisotopic (exact) mass is 233 g/mol. The van der Waals surface area contributed by atoms with Gasteiger partial charge in [0.25, 0.3) is 0 Å². The molecule has 17 heavy (non-hydrogen) atoms. The second kappa shape index (κ2) is 3.90. The Morgan fingerprint density at radius 3 is 2.59 bits per heavy atom. The molecule has 0 atom stereocenters. The van der Waals surface area contributed by atoms with Gasteiger partial charge in [-0.15, -0.1) is 6.58 Å². The predicted octanol–water partition coefficient (Wildman–Crippen LogP) is 3.16. The van der Waals surface area contributed by atoms with Gasteiger partial charge in [0.15, 0.2) is 0 Å². The van der Waals surface area contributed by atoms with Gasteiger partial charge in [-0.2, -0.15) is 0 Å². The molecule has 1 aliphatic rings. The van der Waals surface area contributed by atoms with Crippen molar-refractivity contribution in [2.75, 3.05) is 11.9 Å². The van der Waals surface area contributed by atoms with Gasteiger partial charge in [-0.1, -0.05) is 33.8 Å². The van der Waals surface area contributed by atoms with E-state index < -0.39 is 0 Å². The zero-order chi connectivity index (χ0) is 12.7. The first kappa shape index (κ1) is 12.2. The fourth-order valence-electron chi connectivity index (χ4n) is 2.80. The van der Waals surface area contributed by atoms with Crippen molar-refractivity contribution in [3.05, 3.63) is 25.0 Å². The Morgan fingerprint density at radius 2 is 2.06 bits per heavy atom. The lowest BCUT2D eigenvalue weighted by molar-refractivity contribution is 0.457. The lowest BCUT2D eigenvalue weighted by Crippen LogP contribution is -2.12. The van der Waals surface area contributed by atoms with Crippen LogP contribution in [0.15, 0.2) is 25.0 Å². The number of hydrogen-bond donors (Lipinski definition) is 1. The van der Waals surface area contributed by atoms with Crippen molar-refractivity contribution in [3.8, 4) is 0 Å². The summed E-state index contributed by atoms with van der Waals surface area (Å²) in [6.45, 7) is 14.9. The SMILES string of the molecule is C=CCn1ccnc1NCC1C(C)(C)C1(C)C. The molecule has 0 saturated heterocycles. The molecule has 0 aliphatic heterocycles. The maximum Gasteiger partial charge on any atom is 0.203 e. The van der Waals surface area contributed by atoms with E-state index in [0.29, 0.717) is 16.7 Å². The molecular formula is C14H23N3. The van der Waals surface area contributed by atoms with Crippen LogP contribution in [-0.4, -0.2) is 16.1 Å². The van der Waals surface area contributed by atoms with Crippen molar-refractivity contribution in [2.24, 2.45) is 16.7 Å². The number of nitrogens with zero attached hydrogens (tertiary/aromatic N) is 2. The van der Waals surface area contributed by atoms with Gasteiger partial charge in [-0.05, 0) is 16.7 Å². The van der Waals surface area contributed by atoms with E-state index in [-0.39, 0.29) is 0 Å². The summed E-state index contributed by atoms with van der Waals surface area (Å²) in [4.78, 5) is 4.33. The maximum absolute atomic E-state index is 4.33. The van der Waals surface area contributed by atoms with Crippen molar-refractivity contribution in [3.63, 3.8) is 0 Å². The zero-order valence-corrected chi connectivity index (χ0v) is 11.3. The molecule has 2 rings (SSSR count). The molecule has 3 heteroatoms. The number of rotatable bonds is 5. The lowest BCUT2D eigenvalue weighted by atomic mass is 10.0. The van der Waals surface area contributed by atoms with Crippen LogP contribution in [0.2, 0.25) is 0 Å². The van der Waals surface area contributed by atoms with Crippen LogP contribution in [0.25, 0.3) is 0 Å². The molecule has 1 heterocycles. The van der Waals surface area contributed by atoms with E-state index >= 15 is 0 Å². The van der Waals surface area contributed by atoms with Gasteiger partial charge in [0.05, 0.1) is 0 Å². The van der Waals surface area contributed by atoms with Gasteiger partial charge in [-0.3, -0.25) is 0 Å². The van der Waals surface area contributed by atoms with Gasteiger partial charge >= 0.3 is 0 Å². The summed E-state index contributed by atoms with van der Waals surface area (Å²) in [6.07, 6.45) is 5.69. The fraction of sp³-hybridized carbons (Fsp3) is 0.643. The van der Waals surface area contributed by atoms with Crippen LogP contribution in [0, 0.1) is 16.7 Å². The summed E-state index contributed by atoms with van der Waals surface area (Å²) in [6, 6.07) is 0. The van der Waals surface area contributed by atoms with E-state index in [9.17, 15) is 0 Å². The van der Waals surface area contributed by atoms with Gasteiger partial charge in [0.2, 0.25) is 5.95 Å². The average Bonchev–Trinajstić information content (AvgIpc) is 2.59. The summed E-state index contributed by atoms with van der Waals surface area (Å²) < 4.78 is 2.08. The third kappa shape index (κ3) is 1.88. The van der Waals surface area contributed by atoms with Gasteiger partial charge in [0, 0.05) is 25.5 Å². The van der Waals surface area contributed by atoms with Crippen molar-refractivity contribution in [2.45, 2.75) is 34.2 Å². The van der Waals surface area contributed by atoms with Crippen LogP contribution in [-0.2, 0) is 6.54 Å². The molecule has 0 bridgehead atoms. The predicted molar refractivity (Wildman–Crippen MR) is 72.0 cm³/mol. The third-order valence-corrected chi connectivity index (χ3v) is 4.83. The average molecular weight is 233 g/mol. The van der Waals surface area contributed by atoms with Crippen molar-refractivity contribution >= 4 is 5.95 Å². The highest BCUT2D eigenvalue weighted by molar-refractivity contribution is 5.28. The Balaban J connectivity index is 1.95. The smallest absolute Gasteiger partial charge is 0.203 e. The van der Waals surface area contributed by atoms with E-state index in [4.69, 9.17) is 0 Å². The highest BCUT2D eigenvalue weighted by Crippen LogP contribution is 2.68. The number of anilines is 1. The molecule has 1 aliphatic carbocycles. The number of allylic oxidation sites excluding steroid dienone is 1. The molecular weight excluding hydrogens is 210 g/mol. The first-order valence-corrected chi connectivity index (χ1v) is 6.27. The van der Waals surface area contributed by atoms with Crippen LogP contribution >= 0.6 is 0 Å². The Hall–Kier alpha value is -1.25. The lowest BCUT2D eigenvalue weighted by Gasteiger charge is -2.08. The first-order chi connectivity index (χ1) is 7.91. The van der Waals surface area contributed by atoms with Crippen molar-refractivity contribution in [1.29, 1.82) is 0 Å². The molecule has 1 aromatic rings. The number of hydrogen-bond acceptors (Lipinski definition) is 2. The molecule has 0 amide bonds. The van der Waals surface area contributed by atoms with E-state index in [1.165, 1.54) is 0 Å². The van der Waals surface area contributed by atoms with Gasteiger partial charge < -0.3 is 9.88 Å². The molecule has 0 unspecified atom stereocenters. The van der Waals surface area contributed by atoms with Crippen molar-refractivity contribution in [1.82, 2.24) is 9.55 Å². The minimum atomic E-state index is 0.426. The third-order valence-electron chi connectivity index (χ3n) is 4.83. The molecule has 0 spiro atoms. The van der Waals surface area contributed by atoms with E-state index in [1.807, 2.05) is 18.5 Å². The molecule has 94 valence electrons. The molecule has 0 aromatic carbocycles. The van der Waals surface area contributed by atoms with E-state index in [2.05, 4.69) is 49.1 Å². The van der Waals surface area contributed by atoms with E-state index in [0.717, 1.165) is 19.0 Å². The fourth-order valence-corrected chi connectivity index (χ4v) is 2.80. The molecule has 0 radical (unpaired) electrons. The Kier molecular flexibility index (Phi) is 2.80. The summed E-state index contributed by atoms with van der Waals surface area (Å²) in [7, 11) is 0. The van der Waals surface area contributed by atoms with Crippen LogP contribution in [0.3, 0.4) is 0 Å². The minimum Gasteiger partial charge on any atom is -0.355 e. The maximum atomic E-state index is 4.33. The van der Waals surface area contributed by atoms with Crippen LogP contribution in [0.5, 0.6) is 0 Å². The van der Waals surface area contributed by atoms with Gasteiger partial charge in [-0.25, -0.2) is 4.98 Å². The molecule has 1 N–H and O–H groups in total. The molecule has 1 saturated carbocycles.